The molecule has 2 aromatic carbocycles. The fraction of sp³-hybridized carbons (Fsp3) is 0.250. The van der Waals surface area contributed by atoms with Crippen LogP contribution in [0.2, 0.25) is 5.02 Å². The molecule has 0 amide bonds. The lowest BCUT2D eigenvalue weighted by Gasteiger charge is -2.08. The van der Waals surface area contributed by atoms with Gasteiger partial charge in [0.2, 0.25) is 10.0 Å². The van der Waals surface area contributed by atoms with E-state index in [0.29, 0.717) is 16.5 Å². The Hall–Kier alpha value is -2.13. The maximum absolute atomic E-state index is 12.3. The Kier molecular flexibility index (Phi) is 7.13. The molecule has 9 heteroatoms. The van der Waals surface area contributed by atoms with E-state index in [0.717, 1.165) is 21.1 Å². The summed E-state index contributed by atoms with van der Waals surface area (Å²) in [5, 5.41) is 1.38. The molecular formula is C20H21ClN2O4S2. The summed E-state index contributed by atoms with van der Waals surface area (Å²) in [6.07, 6.45) is 0. The molecule has 0 spiro atoms. The molecule has 3 rings (SSSR count). The summed E-state index contributed by atoms with van der Waals surface area (Å²) >= 11 is 7.65. The van der Waals surface area contributed by atoms with E-state index in [1.807, 2.05) is 25.1 Å². The van der Waals surface area contributed by atoms with Gasteiger partial charge in [0.25, 0.3) is 0 Å². The van der Waals surface area contributed by atoms with Crippen LogP contribution in [0.5, 0.6) is 11.5 Å². The van der Waals surface area contributed by atoms with Crippen molar-refractivity contribution >= 4 is 33.0 Å². The van der Waals surface area contributed by atoms with E-state index >= 15 is 0 Å². The molecule has 1 aromatic heterocycles. The number of hydrogen-bond donors (Lipinski definition) is 1. The molecule has 0 saturated heterocycles. The van der Waals surface area contributed by atoms with Crippen LogP contribution in [0.15, 0.2) is 48.5 Å². The van der Waals surface area contributed by atoms with Crippen LogP contribution >= 0.6 is 22.9 Å². The van der Waals surface area contributed by atoms with Crippen LogP contribution in [0, 0.1) is 6.92 Å². The zero-order valence-electron chi connectivity index (χ0n) is 16.0. The molecule has 0 radical (unpaired) electrons. The van der Waals surface area contributed by atoms with E-state index in [9.17, 15) is 8.42 Å². The predicted molar refractivity (Wildman–Crippen MR) is 116 cm³/mol. The number of benzene rings is 2. The molecule has 154 valence electrons. The highest BCUT2D eigenvalue weighted by atomic mass is 35.5. The Labute approximate surface area is 179 Å². The fourth-order valence-corrected chi connectivity index (χ4v) is 4.76. The lowest BCUT2D eigenvalue weighted by molar-refractivity contribution is 0.339. The molecule has 1 N–H and O–H groups in total. The van der Waals surface area contributed by atoms with Gasteiger partial charge in [-0.1, -0.05) is 29.8 Å². The number of aryl methyl sites for hydroxylation is 1. The summed E-state index contributed by atoms with van der Waals surface area (Å²) < 4.78 is 37.8. The SMILES string of the molecule is COc1ccc(OCCS(=O)(=O)NCc2sc(-c3ccccc3Cl)nc2C)cc1. The normalized spacial score (nSPS) is 11.4. The molecule has 0 unspecified atom stereocenters. The maximum Gasteiger partial charge on any atom is 0.215 e. The first-order chi connectivity index (χ1) is 13.9. The minimum atomic E-state index is -3.49. The van der Waals surface area contributed by atoms with Crippen molar-refractivity contribution < 1.29 is 17.9 Å². The van der Waals surface area contributed by atoms with Gasteiger partial charge in [-0.05, 0) is 37.3 Å². The summed E-state index contributed by atoms with van der Waals surface area (Å²) in [6.45, 7) is 2.08. The van der Waals surface area contributed by atoms with Gasteiger partial charge in [0, 0.05) is 17.0 Å². The van der Waals surface area contributed by atoms with Gasteiger partial charge in [0.05, 0.1) is 23.6 Å². The van der Waals surface area contributed by atoms with Crippen molar-refractivity contribution in [3.63, 3.8) is 0 Å². The Morgan fingerprint density at radius 1 is 1.10 bits per heavy atom. The smallest absolute Gasteiger partial charge is 0.215 e. The molecular weight excluding hydrogens is 432 g/mol. The molecule has 0 aliphatic carbocycles. The van der Waals surface area contributed by atoms with Crippen molar-refractivity contribution in [3.8, 4) is 22.1 Å². The number of rotatable bonds is 9. The number of ether oxygens (including phenoxy) is 2. The van der Waals surface area contributed by atoms with E-state index < -0.39 is 10.0 Å². The highest BCUT2D eigenvalue weighted by Crippen LogP contribution is 2.32. The quantitative estimate of drug-likeness (QED) is 0.524. The third-order valence-corrected chi connectivity index (χ3v) is 6.94. The molecule has 0 aliphatic heterocycles. The van der Waals surface area contributed by atoms with Gasteiger partial charge >= 0.3 is 0 Å². The lowest BCUT2D eigenvalue weighted by atomic mass is 10.2. The number of thiazole rings is 1. The number of nitrogens with zero attached hydrogens (tertiary/aromatic N) is 1. The standard InChI is InChI=1S/C20H21ClN2O4S2/c1-14-19(28-20(23-14)17-5-3-4-6-18(17)21)13-22-29(24,25)12-11-27-16-9-7-15(26-2)8-10-16/h3-10,22H,11-13H2,1-2H3. The maximum atomic E-state index is 12.3. The second-order valence-corrected chi connectivity index (χ2v) is 9.59. The number of methoxy groups -OCH3 is 1. The molecule has 1 heterocycles. The fourth-order valence-electron chi connectivity index (χ4n) is 2.53. The molecule has 0 saturated carbocycles. The molecule has 29 heavy (non-hydrogen) atoms. The average Bonchev–Trinajstić information content (AvgIpc) is 3.08. The third-order valence-electron chi connectivity index (χ3n) is 4.13. The number of halogens is 1. The molecule has 0 aliphatic rings. The van der Waals surface area contributed by atoms with Crippen molar-refractivity contribution in [2.75, 3.05) is 19.5 Å². The van der Waals surface area contributed by atoms with Crippen molar-refractivity contribution in [1.82, 2.24) is 9.71 Å². The Bertz CT molecular complexity index is 1070. The molecule has 0 fully saturated rings. The second-order valence-electron chi connectivity index (χ2n) is 6.17. The second kappa shape index (κ2) is 9.58. The van der Waals surface area contributed by atoms with E-state index in [2.05, 4.69) is 9.71 Å². The molecule has 3 aromatic rings. The highest BCUT2D eigenvalue weighted by Gasteiger charge is 2.15. The first-order valence-corrected chi connectivity index (χ1v) is 11.7. The van der Waals surface area contributed by atoms with Crippen LogP contribution in [0.25, 0.3) is 10.6 Å². The first-order valence-electron chi connectivity index (χ1n) is 8.83. The minimum absolute atomic E-state index is 0.0498. The third kappa shape index (κ3) is 5.93. The van der Waals surface area contributed by atoms with E-state index in [-0.39, 0.29) is 18.9 Å². The number of nitrogens with one attached hydrogen (secondary N) is 1. The van der Waals surface area contributed by atoms with Gasteiger partial charge in [-0.25, -0.2) is 18.1 Å². The van der Waals surface area contributed by atoms with Gasteiger partial charge in [0.1, 0.15) is 23.1 Å². The van der Waals surface area contributed by atoms with Crippen LogP contribution in [0.3, 0.4) is 0 Å². The number of aromatic nitrogens is 1. The summed E-state index contributed by atoms with van der Waals surface area (Å²) in [5.41, 5.74) is 1.62. The Morgan fingerprint density at radius 3 is 2.48 bits per heavy atom. The lowest BCUT2D eigenvalue weighted by Crippen LogP contribution is -2.28. The average molecular weight is 453 g/mol. The minimum Gasteiger partial charge on any atom is -0.497 e. The summed E-state index contributed by atoms with van der Waals surface area (Å²) in [4.78, 5) is 5.37. The monoisotopic (exact) mass is 452 g/mol. The van der Waals surface area contributed by atoms with Crippen molar-refractivity contribution in [2.24, 2.45) is 0 Å². The van der Waals surface area contributed by atoms with Crippen molar-refractivity contribution in [2.45, 2.75) is 13.5 Å². The Morgan fingerprint density at radius 2 is 1.79 bits per heavy atom. The molecule has 0 atom stereocenters. The van der Waals surface area contributed by atoms with Crippen LogP contribution < -0.4 is 14.2 Å². The van der Waals surface area contributed by atoms with Gasteiger partial charge in [0.15, 0.2) is 0 Å². The zero-order valence-corrected chi connectivity index (χ0v) is 18.4. The van der Waals surface area contributed by atoms with Gasteiger partial charge in [-0.2, -0.15) is 0 Å². The highest BCUT2D eigenvalue weighted by molar-refractivity contribution is 7.89. The summed E-state index contributed by atoms with van der Waals surface area (Å²) in [7, 11) is -1.91. The van der Waals surface area contributed by atoms with Gasteiger partial charge in [-0.3, -0.25) is 0 Å². The van der Waals surface area contributed by atoms with E-state index in [1.54, 1.807) is 37.4 Å². The van der Waals surface area contributed by atoms with Gasteiger partial charge < -0.3 is 9.47 Å². The molecule has 6 nitrogen and oxygen atoms in total. The van der Waals surface area contributed by atoms with Crippen molar-refractivity contribution in [3.05, 3.63) is 64.1 Å². The van der Waals surface area contributed by atoms with Crippen LogP contribution in [-0.4, -0.2) is 32.9 Å². The van der Waals surface area contributed by atoms with E-state index in [1.165, 1.54) is 11.3 Å². The van der Waals surface area contributed by atoms with Crippen LogP contribution in [0.1, 0.15) is 10.6 Å². The molecule has 0 bridgehead atoms. The van der Waals surface area contributed by atoms with Gasteiger partial charge in [-0.15, -0.1) is 11.3 Å². The zero-order chi connectivity index (χ0) is 20.9. The van der Waals surface area contributed by atoms with Crippen molar-refractivity contribution in [1.29, 1.82) is 0 Å². The largest absolute Gasteiger partial charge is 0.497 e. The van der Waals surface area contributed by atoms with E-state index in [4.69, 9.17) is 21.1 Å². The van der Waals surface area contributed by atoms with Crippen LogP contribution in [0.4, 0.5) is 0 Å². The Balaban J connectivity index is 1.55. The van der Waals surface area contributed by atoms with Crippen LogP contribution in [-0.2, 0) is 16.6 Å². The predicted octanol–water partition coefficient (Wildman–Crippen LogP) is 4.28. The topological polar surface area (TPSA) is 77.5 Å². The summed E-state index contributed by atoms with van der Waals surface area (Å²) in [6, 6.07) is 14.4. The summed E-state index contributed by atoms with van der Waals surface area (Å²) in [5.74, 6) is 1.15. The number of hydrogen-bond acceptors (Lipinski definition) is 6. The number of sulfonamides is 1. The first kappa shape index (κ1) is 21.6.